The highest BCUT2D eigenvalue weighted by Crippen LogP contribution is 2.56. The van der Waals surface area contributed by atoms with Crippen LogP contribution in [0.15, 0.2) is 430 Å². The zero-order valence-corrected chi connectivity index (χ0v) is 77.4. The quantitative estimate of drug-likeness (QED) is 0.176. The highest BCUT2D eigenvalue weighted by molar-refractivity contribution is 7.25. The van der Waals surface area contributed by atoms with Crippen LogP contribution < -0.4 is 0 Å². The van der Waals surface area contributed by atoms with Crippen molar-refractivity contribution in [1.82, 2.24) is 18.3 Å². The van der Waals surface area contributed by atoms with Gasteiger partial charge in [0.25, 0.3) is 0 Å². The Bertz CT molecular complexity index is 10300. The number of rotatable bonds is 4. The molecule has 0 N–H and O–H groups in total. The Balaban J connectivity index is 0.0000000888. The minimum Gasteiger partial charge on any atom is -0.456 e. The topological polar surface area (TPSA) is 72.3 Å². The predicted octanol–water partition coefficient (Wildman–Crippen LogP) is 36.0. The summed E-state index contributed by atoms with van der Waals surface area (Å²) in [6.07, 6.45) is 0. The van der Waals surface area contributed by atoms with Gasteiger partial charge in [0.15, 0.2) is 0 Å². The minimum atomic E-state index is -0.0906. The van der Waals surface area contributed by atoms with Crippen LogP contribution in [0, 0.1) is 0 Å². The van der Waals surface area contributed by atoms with Gasteiger partial charge in [-0.1, -0.05) is 302 Å². The lowest BCUT2D eigenvalue weighted by atomic mass is 9.81. The molecule has 0 amide bonds. The molecule has 0 saturated heterocycles. The van der Waals surface area contributed by atoms with E-state index >= 15 is 0 Å². The van der Waals surface area contributed by atoms with Crippen LogP contribution in [0.4, 0.5) is 0 Å². The van der Waals surface area contributed by atoms with E-state index in [0.717, 1.165) is 55.4 Å². The van der Waals surface area contributed by atoms with Gasteiger partial charge < -0.3 is 35.9 Å². The summed E-state index contributed by atoms with van der Waals surface area (Å²) in [6.45, 7) is 14.1. The van der Waals surface area contributed by atoms with Crippen molar-refractivity contribution in [1.29, 1.82) is 0 Å². The molecule has 138 heavy (non-hydrogen) atoms. The highest BCUT2D eigenvalue weighted by Gasteiger charge is 2.41. The predicted molar refractivity (Wildman–Crippen MR) is 578 cm³/mol. The highest BCUT2D eigenvalue weighted by atomic mass is 32.1. The monoisotopic (exact) mass is 1790 g/mol. The zero-order chi connectivity index (χ0) is 91.5. The first-order chi connectivity index (χ1) is 67.7. The SMILES string of the molecule is CC1(C)c2ccccc2-c2ccc(-n3c4ccccc4c4cc5c(cc43)oc3ccccc35)cc21.CC1(C)c2ccccc2-c2ccc(-n3c4ccccc4c4ccc5oc6ccccc6c5c43)cc21.CC1(C)c2ccccc2-c2cccc(-n3c4ccccc4c4c5c(ccc43)oc3ccccc35)c21.c1ccc2c(c1)oc1c2ccc2c1c1ccccc1n2-c1ccc2sc3ccccc3c2c1. The van der Waals surface area contributed by atoms with E-state index in [9.17, 15) is 0 Å². The number of furan rings is 4. The van der Waals surface area contributed by atoms with E-state index in [0.29, 0.717) is 0 Å². The molecule has 3 aliphatic carbocycles. The molecule has 3 aliphatic rings. The van der Waals surface area contributed by atoms with Gasteiger partial charge in [0.2, 0.25) is 0 Å². The lowest BCUT2D eigenvalue weighted by molar-refractivity contribution is 0.656. The molecular formula is C129H86N4O4S. The van der Waals surface area contributed by atoms with Gasteiger partial charge in [-0.15, -0.1) is 11.3 Å². The van der Waals surface area contributed by atoms with E-state index in [1.807, 2.05) is 41.7 Å². The Morgan fingerprint density at radius 1 is 0.196 bits per heavy atom. The van der Waals surface area contributed by atoms with Crippen molar-refractivity contribution in [3.8, 4) is 56.1 Å². The minimum absolute atomic E-state index is 0.0350. The van der Waals surface area contributed by atoms with E-state index in [-0.39, 0.29) is 16.2 Å². The summed E-state index contributed by atoms with van der Waals surface area (Å²) in [6, 6.07) is 149. The van der Waals surface area contributed by atoms with Crippen LogP contribution in [-0.2, 0) is 16.2 Å². The Morgan fingerprint density at radius 2 is 0.609 bits per heavy atom. The van der Waals surface area contributed by atoms with Crippen LogP contribution in [0.1, 0.15) is 74.9 Å². The Hall–Kier alpha value is -17.0. The molecule has 0 radical (unpaired) electrons. The molecule has 0 spiro atoms. The molecule has 0 unspecified atom stereocenters. The average molecular weight is 1790 g/mol. The van der Waals surface area contributed by atoms with Crippen molar-refractivity contribution in [2.24, 2.45) is 0 Å². The fourth-order valence-corrected chi connectivity index (χ4v) is 25.7. The first-order valence-corrected chi connectivity index (χ1v) is 48.6. The fourth-order valence-electron chi connectivity index (χ4n) is 24.6. The summed E-state index contributed by atoms with van der Waals surface area (Å²) in [4.78, 5) is 0. The van der Waals surface area contributed by atoms with E-state index in [1.165, 1.54) is 229 Å². The van der Waals surface area contributed by atoms with E-state index in [1.54, 1.807) is 0 Å². The van der Waals surface area contributed by atoms with Crippen molar-refractivity contribution < 1.29 is 17.7 Å². The largest absolute Gasteiger partial charge is 0.456 e. The second kappa shape index (κ2) is 29.0. The maximum atomic E-state index is 6.43. The average Bonchev–Trinajstić information content (AvgIpc) is 1.56. The standard InChI is InChI=1S/3C33H23NO.C30H17NOS/c1-33(2)24-14-6-3-10-20(24)21-13-9-16-27(32(21)33)34-25-15-7-4-11-22(25)30-26(34)18-19-29-31(30)23-12-5-8-17-28(23)35-29;1-33(2)27-12-6-3-9-21(27)22-16-15-20(17-28(22)33)34-29-13-7-4-10-23(29)25-18-26-24-11-5-8-14-31(24)35-32(26)19-30(25)34;1-33(2)26-12-6-3-9-21(26)22-16-15-20(19-27(22)33)34-28-13-7-4-10-23(28)24-17-18-30-31(32(24)34)25-11-5-8-14-29(25)35-30;1-4-10-24-22(9-1)29-25(15-14-21-19-7-2-5-11-26(19)32-30(21)29)31(24)18-13-16-28-23(17-18)20-8-3-6-12-27(20)33-28/h3*3-19H,1-2H3;1-17H. The number of hydrogen-bond acceptors (Lipinski definition) is 5. The third-order valence-electron chi connectivity index (χ3n) is 30.8. The molecule has 32 rings (SSSR count). The van der Waals surface area contributed by atoms with Gasteiger partial charge in [0.1, 0.15) is 44.7 Å². The summed E-state index contributed by atoms with van der Waals surface area (Å²) in [5, 5.41) is 21.9. The summed E-state index contributed by atoms with van der Waals surface area (Å²) < 4.78 is 37.6. The summed E-state index contributed by atoms with van der Waals surface area (Å²) in [7, 11) is 0. The molecule has 0 bridgehead atoms. The maximum Gasteiger partial charge on any atom is 0.145 e. The zero-order valence-electron chi connectivity index (χ0n) is 76.6. The lowest BCUT2D eigenvalue weighted by Gasteiger charge is -2.25. The fraction of sp³-hybridized carbons (Fsp3) is 0.0698. The van der Waals surface area contributed by atoms with Gasteiger partial charge in [-0.2, -0.15) is 0 Å². The molecule has 0 fully saturated rings. The number of thiophene rings is 1. The number of benzene rings is 20. The summed E-state index contributed by atoms with van der Waals surface area (Å²) >= 11 is 1.85. The summed E-state index contributed by atoms with van der Waals surface area (Å²) in [5.74, 6) is 0. The smallest absolute Gasteiger partial charge is 0.145 e. The van der Waals surface area contributed by atoms with Gasteiger partial charge in [-0.25, -0.2) is 0 Å². The van der Waals surface area contributed by atoms with Gasteiger partial charge >= 0.3 is 0 Å². The normalized spacial score (nSPS) is 13.8. The molecule has 20 aromatic carbocycles. The molecule has 0 aliphatic heterocycles. The van der Waals surface area contributed by atoms with Crippen LogP contribution in [-0.4, -0.2) is 18.3 Å². The van der Waals surface area contributed by atoms with Crippen molar-refractivity contribution in [3.63, 3.8) is 0 Å². The Labute approximate surface area is 796 Å². The molecule has 9 heterocycles. The maximum absolute atomic E-state index is 6.43. The van der Waals surface area contributed by atoms with Crippen molar-refractivity contribution >= 4 is 206 Å². The van der Waals surface area contributed by atoms with E-state index in [2.05, 4.69) is 442 Å². The molecule has 8 nitrogen and oxygen atoms in total. The molecule has 652 valence electrons. The second-order valence-electron chi connectivity index (χ2n) is 39.1. The molecule has 0 atom stereocenters. The first kappa shape index (κ1) is 78.5. The first-order valence-electron chi connectivity index (χ1n) is 47.7. The molecule has 29 aromatic rings. The van der Waals surface area contributed by atoms with Gasteiger partial charge in [-0.3, -0.25) is 0 Å². The number of hydrogen-bond donors (Lipinski definition) is 0. The van der Waals surface area contributed by atoms with Crippen LogP contribution in [0.5, 0.6) is 0 Å². The van der Waals surface area contributed by atoms with Crippen LogP contribution in [0.3, 0.4) is 0 Å². The third-order valence-corrected chi connectivity index (χ3v) is 31.9. The second-order valence-corrected chi connectivity index (χ2v) is 40.2. The van der Waals surface area contributed by atoms with Crippen molar-refractivity contribution in [2.45, 2.75) is 57.8 Å². The number of fused-ring (bicyclic) bond motifs is 39. The van der Waals surface area contributed by atoms with Crippen molar-refractivity contribution in [3.05, 3.63) is 446 Å². The molecule has 9 aromatic heterocycles. The molecule has 0 saturated carbocycles. The third kappa shape index (κ3) is 11.1. The molecule has 9 heteroatoms. The Morgan fingerprint density at radius 3 is 1.26 bits per heavy atom. The summed E-state index contributed by atoms with van der Waals surface area (Å²) in [5.41, 5.74) is 38.1. The van der Waals surface area contributed by atoms with Crippen LogP contribution in [0.25, 0.3) is 251 Å². The van der Waals surface area contributed by atoms with Crippen LogP contribution >= 0.6 is 11.3 Å². The van der Waals surface area contributed by atoms with Crippen molar-refractivity contribution in [2.75, 3.05) is 0 Å². The number of aromatic nitrogens is 4. The van der Waals surface area contributed by atoms with Gasteiger partial charge in [-0.05, 0) is 212 Å². The van der Waals surface area contributed by atoms with Crippen LogP contribution in [0.2, 0.25) is 0 Å². The Kier molecular flexibility index (Phi) is 16.5. The molecular weight excluding hydrogens is 1700 g/mol. The van der Waals surface area contributed by atoms with Gasteiger partial charge in [0.05, 0.1) is 60.6 Å². The van der Waals surface area contributed by atoms with Gasteiger partial charge in [0, 0.05) is 135 Å². The lowest BCUT2D eigenvalue weighted by Crippen LogP contribution is -2.17. The van der Waals surface area contributed by atoms with E-state index in [4.69, 9.17) is 17.7 Å². The number of nitrogens with zero attached hydrogens (tertiary/aromatic N) is 4. The number of para-hydroxylation sites is 8. The van der Waals surface area contributed by atoms with E-state index < -0.39 is 0 Å².